The minimum absolute atomic E-state index is 0.0473. The standard InChI is InChI=1S/C21H21N3OS/c1-14-20(15(2)24(23-14)16-8-4-3-5-9-16)21(25)22-18-12-13-26-19-11-7-6-10-17(18)19/h3-11,18H,12-13H2,1-2H3,(H,22,25)/t18-/m0/s1. The van der Waals surface area contributed by atoms with Crippen molar-refractivity contribution < 1.29 is 4.79 Å². The van der Waals surface area contributed by atoms with E-state index in [0.29, 0.717) is 5.56 Å². The lowest BCUT2D eigenvalue weighted by molar-refractivity contribution is 0.0933. The Labute approximate surface area is 157 Å². The largest absolute Gasteiger partial charge is 0.345 e. The van der Waals surface area contributed by atoms with Gasteiger partial charge in [0.1, 0.15) is 0 Å². The van der Waals surface area contributed by atoms with Gasteiger partial charge in [0.2, 0.25) is 0 Å². The first-order valence-corrected chi connectivity index (χ1v) is 9.78. The third-order valence-electron chi connectivity index (χ3n) is 4.78. The quantitative estimate of drug-likeness (QED) is 0.747. The van der Waals surface area contributed by atoms with Crippen LogP contribution < -0.4 is 5.32 Å². The molecule has 0 spiro atoms. The highest BCUT2D eigenvalue weighted by atomic mass is 32.2. The monoisotopic (exact) mass is 363 g/mol. The number of fused-ring (bicyclic) bond motifs is 1. The van der Waals surface area contributed by atoms with Crippen LogP contribution in [0.5, 0.6) is 0 Å². The number of benzene rings is 2. The van der Waals surface area contributed by atoms with Crippen LogP contribution in [0.25, 0.3) is 5.69 Å². The summed E-state index contributed by atoms with van der Waals surface area (Å²) in [6.45, 7) is 3.85. The predicted molar refractivity (Wildman–Crippen MR) is 105 cm³/mol. The van der Waals surface area contributed by atoms with Gasteiger partial charge in [0.15, 0.2) is 0 Å². The molecule has 1 atom stereocenters. The smallest absolute Gasteiger partial charge is 0.255 e. The van der Waals surface area contributed by atoms with Gasteiger partial charge >= 0.3 is 0 Å². The molecule has 1 amide bonds. The lowest BCUT2D eigenvalue weighted by Gasteiger charge is -2.26. The molecule has 0 fully saturated rings. The van der Waals surface area contributed by atoms with Gasteiger partial charge in [0.25, 0.3) is 5.91 Å². The van der Waals surface area contributed by atoms with Crippen molar-refractivity contribution >= 4 is 17.7 Å². The van der Waals surface area contributed by atoms with Crippen LogP contribution in [0.15, 0.2) is 59.5 Å². The first-order valence-electron chi connectivity index (χ1n) is 8.79. The molecular formula is C21H21N3OS. The first kappa shape index (κ1) is 16.9. The lowest BCUT2D eigenvalue weighted by Crippen LogP contribution is -2.31. The van der Waals surface area contributed by atoms with Gasteiger partial charge in [-0.2, -0.15) is 5.10 Å². The molecule has 26 heavy (non-hydrogen) atoms. The van der Waals surface area contributed by atoms with Gasteiger partial charge in [-0.05, 0) is 44.0 Å². The van der Waals surface area contributed by atoms with Gasteiger partial charge in [0.05, 0.1) is 28.7 Å². The molecule has 0 radical (unpaired) electrons. The average Bonchev–Trinajstić information content (AvgIpc) is 2.97. The molecule has 4 nitrogen and oxygen atoms in total. The first-order chi connectivity index (χ1) is 12.6. The van der Waals surface area contributed by atoms with Crippen LogP contribution in [-0.2, 0) is 0 Å². The number of carbonyl (C=O) groups excluding carboxylic acids is 1. The summed E-state index contributed by atoms with van der Waals surface area (Å²) in [6, 6.07) is 18.3. The van der Waals surface area contributed by atoms with Crippen molar-refractivity contribution in [1.82, 2.24) is 15.1 Å². The fourth-order valence-electron chi connectivity index (χ4n) is 3.51. The van der Waals surface area contributed by atoms with E-state index in [1.165, 1.54) is 10.5 Å². The van der Waals surface area contributed by atoms with E-state index < -0.39 is 0 Å². The van der Waals surface area contributed by atoms with Crippen LogP contribution in [0, 0.1) is 13.8 Å². The van der Waals surface area contributed by atoms with Gasteiger partial charge in [0, 0.05) is 10.6 Å². The van der Waals surface area contributed by atoms with Crippen molar-refractivity contribution in [3.63, 3.8) is 0 Å². The van der Waals surface area contributed by atoms with E-state index in [9.17, 15) is 4.79 Å². The normalized spacial score (nSPS) is 16.2. The molecule has 5 heteroatoms. The van der Waals surface area contributed by atoms with Crippen LogP contribution in [0.1, 0.15) is 39.8 Å². The Morgan fingerprint density at radius 3 is 2.65 bits per heavy atom. The third kappa shape index (κ3) is 3.03. The Balaban J connectivity index is 1.63. The van der Waals surface area contributed by atoms with E-state index in [1.54, 1.807) is 0 Å². The topological polar surface area (TPSA) is 46.9 Å². The van der Waals surface area contributed by atoms with E-state index in [0.717, 1.165) is 29.2 Å². The number of nitrogens with zero attached hydrogens (tertiary/aromatic N) is 2. The molecule has 132 valence electrons. The zero-order chi connectivity index (χ0) is 18.1. The van der Waals surface area contributed by atoms with E-state index in [4.69, 9.17) is 0 Å². The number of aromatic nitrogens is 2. The molecule has 2 heterocycles. The molecule has 0 saturated heterocycles. The molecule has 1 aliphatic heterocycles. The van der Waals surface area contributed by atoms with Crippen molar-refractivity contribution in [3.05, 3.63) is 77.1 Å². The lowest BCUT2D eigenvalue weighted by atomic mass is 10.0. The summed E-state index contributed by atoms with van der Waals surface area (Å²) in [4.78, 5) is 14.3. The van der Waals surface area contributed by atoms with Crippen molar-refractivity contribution in [3.8, 4) is 5.69 Å². The maximum atomic E-state index is 13.0. The summed E-state index contributed by atoms with van der Waals surface area (Å²) >= 11 is 1.86. The van der Waals surface area contributed by atoms with E-state index in [2.05, 4.69) is 22.5 Å². The number of amides is 1. The highest BCUT2D eigenvalue weighted by Gasteiger charge is 2.25. The average molecular weight is 363 g/mol. The molecular weight excluding hydrogens is 342 g/mol. The van der Waals surface area contributed by atoms with Crippen LogP contribution in [0.3, 0.4) is 0 Å². The Bertz CT molecular complexity index is 949. The summed E-state index contributed by atoms with van der Waals surface area (Å²) in [5.74, 6) is 0.970. The second-order valence-corrected chi connectivity index (χ2v) is 7.63. The SMILES string of the molecule is Cc1nn(-c2ccccc2)c(C)c1C(=O)N[C@H]1CCSc2ccccc21. The van der Waals surface area contributed by atoms with Gasteiger partial charge in [-0.15, -0.1) is 11.8 Å². The Kier molecular flexibility index (Phi) is 4.55. The Morgan fingerprint density at radius 1 is 1.12 bits per heavy atom. The van der Waals surface area contributed by atoms with Gasteiger partial charge in [-0.3, -0.25) is 4.79 Å². The number of hydrogen-bond donors (Lipinski definition) is 1. The summed E-state index contributed by atoms with van der Waals surface area (Å²) in [7, 11) is 0. The van der Waals surface area contributed by atoms with Crippen molar-refractivity contribution in [2.75, 3.05) is 5.75 Å². The van der Waals surface area contributed by atoms with E-state index >= 15 is 0 Å². The summed E-state index contributed by atoms with van der Waals surface area (Å²) in [6.07, 6.45) is 0.943. The summed E-state index contributed by atoms with van der Waals surface area (Å²) in [5, 5.41) is 7.82. The number of hydrogen-bond acceptors (Lipinski definition) is 3. The molecule has 0 saturated carbocycles. The molecule has 0 bridgehead atoms. The zero-order valence-electron chi connectivity index (χ0n) is 14.9. The molecule has 1 N–H and O–H groups in total. The number of thioether (sulfide) groups is 1. The van der Waals surface area contributed by atoms with Crippen molar-refractivity contribution in [2.45, 2.75) is 31.2 Å². The maximum Gasteiger partial charge on any atom is 0.255 e. The minimum atomic E-state index is -0.0473. The number of carbonyl (C=O) groups is 1. The molecule has 3 aromatic rings. The minimum Gasteiger partial charge on any atom is -0.345 e. The summed E-state index contributed by atoms with van der Waals surface area (Å²) < 4.78 is 1.84. The van der Waals surface area contributed by atoms with E-state index in [-0.39, 0.29) is 11.9 Å². The van der Waals surface area contributed by atoms with Crippen molar-refractivity contribution in [2.24, 2.45) is 0 Å². The fourth-order valence-corrected chi connectivity index (χ4v) is 4.64. The van der Waals surface area contributed by atoms with Gasteiger partial charge in [-0.25, -0.2) is 4.68 Å². The number of para-hydroxylation sites is 1. The van der Waals surface area contributed by atoms with Crippen LogP contribution in [0.2, 0.25) is 0 Å². The number of nitrogens with one attached hydrogen (secondary N) is 1. The molecule has 0 unspecified atom stereocenters. The Morgan fingerprint density at radius 2 is 1.85 bits per heavy atom. The molecule has 0 aliphatic carbocycles. The molecule has 2 aromatic carbocycles. The fraction of sp³-hybridized carbons (Fsp3) is 0.238. The van der Waals surface area contributed by atoms with Crippen molar-refractivity contribution in [1.29, 1.82) is 0 Å². The van der Waals surface area contributed by atoms with Gasteiger partial charge in [-0.1, -0.05) is 36.4 Å². The maximum absolute atomic E-state index is 13.0. The van der Waals surface area contributed by atoms with Crippen LogP contribution in [0.4, 0.5) is 0 Å². The third-order valence-corrected chi connectivity index (χ3v) is 5.91. The highest BCUT2D eigenvalue weighted by molar-refractivity contribution is 7.99. The molecule has 4 rings (SSSR count). The van der Waals surface area contributed by atoms with Crippen LogP contribution in [-0.4, -0.2) is 21.4 Å². The molecule has 1 aliphatic rings. The summed E-state index contributed by atoms with van der Waals surface area (Å²) in [5.41, 5.74) is 4.46. The van der Waals surface area contributed by atoms with Gasteiger partial charge < -0.3 is 5.32 Å². The molecule has 1 aromatic heterocycles. The predicted octanol–water partition coefficient (Wildman–Crippen LogP) is 4.46. The Hall–Kier alpha value is -2.53. The van der Waals surface area contributed by atoms with E-state index in [1.807, 2.05) is 72.8 Å². The zero-order valence-corrected chi connectivity index (χ0v) is 15.7. The number of aryl methyl sites for hydroxylation is 1. The number of rotatable bonds is 3. The highest BCUT2D eigenvalue weighted by Crippen LogP contribution is 2.36. The second-order valence-electron chi connectivity index (χ2n) is 6.49. The van der Waals surface area contributed by atoms with Crippen LogP contribution >= 0.6 is 11.8 Å². The second kappa shape index (κ2) is 7.00.